The van der Waals surface area contributed by atoms with E-state index >= 15 is 0 Å². The van der Waals surface area contributed by atoms with Crippen LogP contribution in [-0.2, 0) is 6.18 Å². The molecule has 3 N–H and O–H groups in total. The Hall–Kier alpha value is -1.76. The van der Waals surface area contributed by atoms with Crippen LogP contribution in [0.3, 0.4) is 0 Å². The molecule has 0 spiro atoms. The fraction of sp³-hybridized carbons (Fsp3) is 0.562. The lowest BCUT2D eigenvalue weighted by molar-refractivity contribution is -0.137. The summed E-state index contributed by atoms with van der Waals surface area (Å²) in [6.07, 6.45) is 0.146. The second kappa shape index (κ2) is 7.68. The van der Waals surface area contributed by atoms with E-state index in [0.29, 0.717) is 0 Å². The highest BCUT2D eigenvalue weighted by molar-refractivity contribution is 5.89. The van der Waals surface area contributed by atoms with Crippen LogP contribution in [0.4, 0.5) is 23.7 Å². The van der Waals surface area contributed by atoms with Gasteiger partial charge in [-0.1, -0.05) is 25.3 Å². The largest absolute Gasteiger partial charge is 0.416 e. The molecule has 1 aliphatic rings. The topological polar surface area (TPSA) is 61.4 Å². The monoisotopic (exact) mass is 330 g/mol. The Balaban J connectivity index is 1.82. The molecule has 2 rings (SSSR count). The Bertz CT molecular complexity index is 528. The van der Waals surface area contributed by atoms with E-state index < -0.39 is 23.9 Å². The third-order valence-corrected chi connectivity index (χ3v) is 4.11. The molecule has 0 bridgehead atoms. The third kappa shape index (κ3) is 5.42. The molecule has 7 heteroatoms. The molecule has 2 amide bonds. The van der Waals surface area contributed by atoms with Gasteiger partial charge in [0.1, 0.15) is 0 Å². The number of benzene rings is 1. The summed E-state index contributed by atoms with van der Waals surface area (Å²) in [4.78, 5) is 11.7. The van der Waals surface area contributed by atoms with Crippen LogP contribution in [0.5, 0.6) is 0 Å². The van der Waals surface area contributed by atoms with E-state index in [0.717, 1.165) is 37.8 Å². The van der Waals surface area contributed by atoms with Gasteiger partial charge in [0, 0.05) is 12.2 Å². The van der Waals surface area contributed by atoms with Crippen LogP contribution < -0.4 is 10.6 Å². The molecule has 1 aromatic carbocycles. The molecule has 1 saturated carbocycles. The Morgan fingerprint density at radius 1 is 1.26 bits per heavy atom. The van der Waals surface area contributed by atoms with Crippen molar-refractivity contribution in [2.45, 2.75) is 44.4 Å². The number of nitrogens with one attached hydrogen (secondary N) is 2. The van der Waals surface area contributed by atoms with Gasteiger partial charge in [-0.25, -0.2) is 4.79 Å². The quantitative estimate of drug-likeness (QED) is 0.787. The summed E-state index contributed by atoms with van der Waals surface area (Å²) in [6.45, 7) is 0.0927. The van der Waals surface area contributed by atoms with Gasteiger partial charge in [-0.2, -0.15) is 13.2 Å². The minimum Gasteiger partial charge on any atom is -0.391 e. The van der Waals surface area contributed by atoms with Crippen molar-refractivity contribution in [3.8, 4) is 0 Å². The smallest absolute Gasteiger partial charge is 0.391 e. The molecule has 1 aromatic rings. The van der Waals surface area contributed by atoms with Crippen LogP contribution in [0.15, 0.2) is 24.3 Å². The van der Waals surface area contributed by atoms with Crippen molar-refractivity contribution < 1.29 is 23.1 Å². The summed E-state index contributed by atoms with van der Waals surface area (Å²) >= 11 is 0. The molecule has 4 nitrogen and oxygen atoms in total. The number of rotatable bonds is 4. The summed E-state index contributed by atoms with van der Waals surface area (Å²) in [5.41, 5.74) is -0.762. The van der Waals surface area contributed by atoms with Gasteiger partial charge in [0.25, 0.3) is 0 Å². The molecule has 0 aliphatic heterocycles. The highest BCUT2D eigenvalue weighted by Gasteiger charge is 2.30. The normalized spacial score (nSPS) is 17.6. The minimum atomic E-state index is -4.45. The zero-order chi connectivity index (χ0) is 16.9. The number of alkyl halides is 3. The first-order valence-electron chi connectivity index (χ1n) is 7.76. The van der Waals surface area contributed by atoms with Gasteiger partial charge in [-0.05, 0) is 37.0 Å². The van der Waals surface area contributed by atoms with E-state index in [2.05, 4.69) is 10.6 Å². The zero-order valence-electron chi connectivity index (χ0n) is 12.7. The number of carbonyl (C=O) groups is 1. The van der Waals surface area contributed by atoms with Gasteiger partial charge >= 0.3 is 12.2 Å². The Morgan fingerprint density at radius 3 is 2.61 bits per heavy atom. The van der Waals surface area contributed by atoms with Gasteiger partial charge in [-0.3, -0.25) is 0 Å². The van der Waals surface area contributed by atoms with Gasteiger partial charge in [-0.15, -0.1) is 0 Å². The first-order valence-corrected chi connectivity index (χ1v) is 7.76. The van der Waals surface area contributed by atoms with Gasteiger partial charge in [0.15, 0.2) is 0 Å². The molecule has 0 aromatic heterocycles. The van der Waals surface area contributed by atoms with Crippen molar-refractivity contribution in [2.24, 2.45) is 5.92 Å². The molecule has 23 heavy (non-hydrogen) atoms. The van der Waals surface area contributed by atoms with E-state index in [1.165, 1.54) is 18.6 Å². The van der Waals surface area contributed by atoms with Crippen LogP contribution in [0.2, 0.25) is 0 Å². The Morgan fingerprint density at radius 2 is 1.96 bits per heavy atom. The van der Waals surface area contributed by atoms with Crippen molar-refractivity contribution in [3.05, 3.63) is 29.8 Å². The molecule has 0 unspecified atom stereocenters. The predicted octanol–water partition coefficient (Wildman–Crippen LogP) is 3.77. The fourth-order valence-corrected chi connectivity index (χ4v) is 2.83. The maximum Gasteiger partial charge on any atom is 0.416 e. The van der Waals surface area contributed by atoms with Gasteiger partial charge < -0.3 is 15.7 Å². The lowest BCUT2D eigenvalue weighted by Crippen LogP contribution is -2.39. The van der Waals surface area contributed by atoms with Crippen molar-refractivity contribution in [3.63, 3.8) is 0 Å². The van der Waals surface area contributed by atoms with E-state index in [1.807, 2.05) is 0 Å². The summed E-state index contributed by atoms with van der Waals surface area (Å²) < 4.78 is 37.8. The van der Waals surface area contributed by atoms with Gasteiger partial charge in [0.2, 0.25) is 0 Å². The molecule has 0 heterocycles. The number of amides is 2. The second-order valence-electron chi connectivity index (χ2n) is 5.88. The van der Waals surface area contributed by atoms with E-state index in [-0.39, 0.29) is 18.2 Å². The number of aliphatic hydroxyl groups excluding tert-OH is 1. The van der Waals surface area contributed by atoms with Crippen molar-refractivity contribution in [2.75, 3.05) is 11.9 Å². The highest BCUT2D eigenvalue weighted by atomic mass is 19.4. The molecule has 1 aliphatic carbocycles. The first-order chi connectivity index (χ1) is 10.9. The van der Waals surface area contributed by atoms with Gasteiger partial charge in [0.05, 0.1) is 11.7 Å². The minimum absolute atomic E-state index is 0.0597. The maximum absolute atomic E-state index is 12.6. The third-order valence-electron chi connectivity index (χ3n) is 4.11. The average molecular weight is 330 g/mol. The number of hydrogen-bond donors (Lipinski definition) is 3. The molecule has 1 fully saturated rings. The van der Waals surface area contributed by atoms with Crippen LogP contribution in [0, 0.1) is 5.92 Å². The van der Waals surface area contributed by atoms with E-state index in [4.69, 9.17) is 0 Å². The Labute approximate surface area is 133 Å². The molecule has 0 radical (unpaired) electrons. The van der Waals surface area contributed by atoms with Crippen LogP contribution in [0.25, 0.3) is 0 Å². The molecular formula is C16H21F3N2O2. The lowest BCUT2D eigenvalue weighted by Gasteiger charge is -2.26. The lowest BCUT2D eigenvalue weighted by atomic mass is 9.85. The molecule has 128 valence electrons. The standard InChI is InChI=1S/C16H21F3N2O2/c17-16(18,19)12-7-4-8-13(9-12)21-15(23)20-10-14(22)11-5-2-1-3-6-11/h4,7-9,11,14,22H,1-3,5-6,10H2,(H2,20,21,23)/t14-/m0/s1. The highest BCUT2D eigenvalue weighted by Crippen LogP contribution is 2.30. The predicted molar refractivity (Wildman–Crippen MR) is 81.0 cm³/mol. The first kappa shape index (κ1) is 17.6. The zero-order valence-corrected chi connectivity index (χ0v) is 12.7. The SMILES string of the molecule is O=C(NC[C@H](O)C1CCCCC1)Nc1cccc(C(F)(F)F)c1. The molecule has 1 atom stereocenters. The van der Waals surface area contributed by atoms with Crippen LogP contribution in [-0.4, -0.2) is 23.8 Å². The number of aliphatic hydroxyl groups is 1. The Kier molecular flexibility index (Phi) is 5.87. The number of halogens is 3. The van der Waals surface area contributed by atoms with Crippen molar-refractivity contribution in [1.29, 1.82) is 0 Å². The number of urea groups is 1. The second-order valence-corrected chi connectivity index (χ2v) is 5.88. The number of anilines is 1. The summed E-state index contributed by atoms with van der Waals surface area (Å²) in [5, 5.41) is 14.9. The summed E-state index contributed by atoms with van der Waals surface area (Å²) in [6, 6.07) is 3.80. The van der Waals surface area contributed by atoms with E-state index in [9.17, 15) is 23.1 Å². The van der Waals surface area contributed by atoms with Crippen molar-refractivity contribution in [1.82, 2.24) is 5.32 Å². The maximum atomic E-state index is 12.6. The van der Waals surface area contributed by atoms with E-state index in [1.54, 1.807) is 0 Å². The fourth-order valence-electron chi connectivity index (χ4n) is 2.83. The summed E-state index contributed by atoms with van der Waals surface area (Å²) in [7, 11) is 0. The number of hydrogen-bond acceptors (Lipinski definition) is 2. The van der Waals surface area contributed by atoms with Crippen LogP contribution >= 0.6 is 0 Å². The molecular weight excluding hydrogens is 309 g/mol. The molecule has 0 saturated heterocycles. The summed E-state index contributed by atoms with van der Waals surface area (Å²) in [5.74, 6) is 0.178. The number of carbonyl (C=O) groups excluding carboxylic acids is 1. The van der Waals surface area contributed by atoms with Crippen molar-refractivity contribution >= 4 is 11.7 Å². The average Bonchev–Trinajstić information content (AvgIpc) is 2.53. The van der Waals surface area contributed by atoms with Crippen LogP contribution in [0.1, 0.15) is 37.7 Å².